The van der Waals surface area contributed by atoms with Crippen LogP contribution in [0, 0.1) is 19.8 Å². The zero-order chi connectivity index (χ0) is 17.6. The van der Waals surface area contributed by atoms with Gasteiger partial charge in [-0.1, -0.05) is 20.8 Å². The topological polar surface area (TPSA) is 47.6 Å². The molecular weight excluding hydrogens is 290 g/mol. The van der Waals surface area contributed by atoms with Gasteiger partial charge in [-0.2, -0.15) is 0 Å². The van der Waals surface area contributed by atoms with Gasteiger partial charge < -0.3 is 14.8 Å². The second kappa shape index (κ2) is 8.34. The fourth-order valence-corrected chi connectivity index (χ4v) is 2.77. The number of amides is 1. The third-order valence-electron chi connectivity index (χ3n) is 3.90. The number of rotatable bonds is 8. The van der Waals surface area contributed by atoms with Crippen molar-refractivity contribution in [3.8, 4) is 5.75 Å². The van der Waals surface area contributed by atoms with E-state index in [1.807, 2.05) is 32.9 Å². The molecule has 1 N–H and O–H groups in total. The molecule has 0 radical (unpaired) electrons. The Balaban J connectivity index is 2.94. The number of ether oxygens (including phenoxy) is 2. The number of aryl methyl sites for hydroxylation is 2. The number of methoxy groups -OCH3 is 1. The second-order valence-electron chi connectivity index (χ2n) is 6.77. The first-order chi connectivity index (χ1) is 10.7. The molecule has 0 aliphatic rings. The number of hydrogen-bond acceptors (Lipinski definition) is 3. The minimum Gasteiger partial charge on any atom is -0.493 e. The smallest absolute Gasteiger partial charge is 0.256 e. The number of anilines is 1. The Hall–Kier alpha value is -1.55. The van der Waals surface area contributed by atoms with E-state index in [0.29, 0.717) is 18.9 Å². The molecule has 0 aliphatic heterocycles. The lowest BCUT2D eigenvalue weighted by atomic mass is 9.93. The van der Waals surface area contributed by atoms with Crippen molar-refractivity contribution in [1.29, 1.82) is 0 Å². The number of carbonyl (C=O) groups excluding carboxylic acids is 1. The average Bonchev–Trinajstić information content (AvgIpc) is 2.45. The molecule has 0 fully saturated rings. The molecule has 1 rings (SSSR count). The third-order valence-corrected chi connectivity index (χ3v) is 3.90. The first-order valence-electron chi connectivity index (χ1n) is 8.34. The molecule has 0 bridgehead atoms. The molecule has 1 aromatic carbocycles. The van der Waals surface area contributed by atoms with Gasteiger partial charge in [0.15, 0.2) is 0 Å². The van der Waals surface area contributed by atoms with Gasteiger partial charge in [0.1, 0.15) is 11.4 Å². The van der Waals surface area contributed by atoms with Crippen molar-refractivity contribution in [3.63, 3.8) is 0 Å². The molecular formula is C19H31NO3. The minimum atomic E-state index is -0.826. The summed E-state index contributed by atoms with van der Waals surface area (Å²) >= 11 is 0. The Kier molecular flexibility index (Phi) is 7.07. The lowest BCUT2D eigenvalue weighted by Crippen LogP contribution is -2.43. The molecule has 23 heavy (non-hydrogen) atoms. The molecule has 0 aliphatic carbocycles. The van der Waals surface area contributed by atoms with Gasteiger partial charge in [-0.3, -0.25) is 4.79 Å². The van der Waals surface area contributed by atoms with Crippen molar-refractivity contribution in [1.82, 2.24) is 0 Å². The maximum Gasteiger partial charge on any atom is 0.256 e. The van der Waals surface area contributed by atoms with Gasteiger partial charge in [0.2, 0.25) is 0 Å². The highest BCUT2D eigenvalue weighted by Gasteiger charge is 2.34. The molecule has 130 valence electrons. The zero-order valence-corrected chi connectivity index (χ0v) is 15.6. The first kappa shape index (κ1) is 19.5. The Bertz CT molecular complexity index is 516. The molecule has 1 atom stereocenters. The zero-order valence-electron chi connectivity index (χ0n) is 15.6. The number of benzene rings is 1. The Morgan fingerprint density at radius 3 is 2.26 bits per heavy atom. The summed E-state index contributed by atoms with van der Waals surface area (Å²) in [4.78, 5) is 12.6. The predicted octanol–water partition coefficient (Wildman–Crippen LogP) is 4.48. The molecule has 0 heterocycles. The number of nitrogens with one attached hydrogen (secondary N) is 1. The van der Waals surface area contributed by atoms with Gasteiger partial charge in [0.25, 0.3) is 5.91 Å². The van der Waals surface area contributed by atoms with E-state index in [2.05, 4.69) is 26.1 Å². The van der Waals surface area contributed by atoms with E-state index in [0.717, 1.165) is 29.0 Å². The van der Waals surface area contributed by atoms with Crippen LogP contribution in [0.1, 0.15) is 51.7 Å². The average molecular weight is 321 g/mol. The van der Waals surface area contributed by atoms with Crippen LogP contribution in [-0.4, -0.2) is 25.2 Å². The van der Waals surface area contributed by atoms with Gasteiger partial charge in [-0.15, -0.1) is 0 Å². The van der Waals surface area contributed by atoms with Crippen LogP contribution >= 0.6 is 0 Å². The van der Waals surface area contributed by atoms with Gasteiger partial charge in [-0.05, 0) is 62.8 Å². The summed E-state index contributed by atoms with van der Waals surface area (Å²) in [5.74, 6) is 1.16. The van der Waals surface area contributed by atoms with Crippen molar-refractivity contribution in [2.75, 3.05) is 19.0 Å². The highest BCUT2D eigenvalue weighted by atomic mass is 16.5. The van der Waals surface area contributed by atoms with Crippen LogP contribution in [0.25, 0.3) is 0 Å². The van der Waals surface area contributed by atoms with E-state index in [4.69, 9.17) is 9.47 Å². The third kappa shape index (κ3) is 5.24. The summed E-state index contributed by atoms with van der Waals surface area (Å²) in [6.45, 7) is 12.8. The summed E-state index contributed by atoms with van der Waals surface area (Å²) in [7, 11) is 1.58. The van der Waals surface area contributed by atoms with Gasteiger partial charge >= 0.3 is 0 Å². The van der Waals surface area contributed by atoms with Crippen molar-refractivity contribution in [2.24, 2.45) is 5.92 Å². The lowest BCUT2D eigenvalue weighted by molar-refractivity contribution is -0.137. The SMILES string of the molecule is CCCOc1c(C)cc(NC(=O)C(C)(CC(C)C)OC)cc1C. The summed E-state index contributed by atoms with van der Waals surface area (Å²) in [6, 6.07) is 3.89. The van der Waals surface area contributed by atoms with Crippen molar-refractivity contribution >= 4 is 11.6 Å². The van der Waals surface area contributed by atoms with Crippen LogP contribution < -0.4 is 10.1 Å². The fourth-order valence-electron chi connectivity index (χ4n) is 2.77. The monoisotopic (exact) mass is 321 g/mol. The van der Waals surface area contributed by atoms with E-state index in [9.17, 15) is 4.79 Å². The van der Waals surface area contributed by atoms with Crippen LogP contribution in [0.2, 0.25) is 0 Å². The largest absolute Gasteiger partial charge is 0.493 e. The quantitative estimate of drug-likeness (QED) is 0.768. The highest BCUT2D eigenvalue weighted by Crippen LogP contribution is 2.29. The molecule has 1 aromatic rings. The Morgan fingerprint density at radius 2 is 1.83 bits per heavy atom. The van der Waals surface area contributed by atoms with E-state index in [1.54, 1.807) is 7.11 Å². The van der Waals surface area contributed by atoms with Crippen molar-refractivity contribution in [3.05, 3.63) is 23.3 Å². The summed E-state index contributed by atoms with van der Waals surface area (Å²) in [5, 5.41) is 2.98. The molecule has 1 amide bonds. The maximum absolute atomic E-state index is 12.6. The second-order valence-corrected chi connectivity index (χ2v) is 6.77. The molecule has 1 unspecified atom stereocenters. The number of hydrogen-bond donors (Lipinski definition) is 1. The van der Waals surface area contributed by atoms with Crippen molar-refractivity contribution in [2.45, 2.75) is 60.0 Å². The molecule has 0 aromatic heterocycles. The van der Waals surface area contributed by atoms with Gasteiger partial charge in [-0.25, -0.2) is 0 Å². The van der Waals surface area contributed by atoms with Crippen LogP contribution in [0.5, 0.6) is 5.75 Å². The van der Waals surface area contributed by atoms with E-state index < -0.39 is 5.60 Å². The van der Waals surface area contributed by atoms with Gasteiger partial charge in [0, 0.05) is 12.8 Å². The standard InChI is InChI=1S/C19H31NO3/c1-8-9-23-17-14(4)10-16(11-15(17)5)20-18(21)19(6,22-7)12-13(2)3/h10-11,13H,8-9,12H2,1-7H3,(H,20,21). The molecule has 4 nitrogen and oxygen atoms in total. The normalized spacial score (nSPS) is 13.7. The molecule has 0 saturated heterocycles. The maximum atomic E-state index is 12.6. The van der Waals surface area contributed by atoms with Crippen LogP contribution in [0.4, 0.5) is 5.69 Å². The lowest BCUT2D eigenvalue weighted by Gasteiger charge is -2.28. The Morgan fingerprint density at radius 1 is 1.26 bits per heavy atom. The van der Waals surface area contributed by atoms with Crippen molar-refractivity contribution < 1.29 is 14.3 Å². The molecule has 0 spiro atoms. The van der Waals surface area contributed by atoms with Crippen LogP contribution in [-0.2, 0) is 9.53 Å². The number of carbonyl (C=O) groups is 1. The van der Waals surface area contributed by atoms with Crippen LogP contribution in [0.3, 0.4) is 0 Å². The highest BCUT2D eigenvalue weighted by molar-refractivity contribution is 5.97. The van der Waals surface area contributed by atoms with E-state index in [1.165, 1.54) is 0 Å². The van der Waals surface area contributed by atoms with E-state index in [-0.39, 0.29) is 5.91 Å². The van der Waals surface area contributed by atoms with Gasteiger partial charge in [0.05, 0.1) is 6.61 Å². The first-order valence-corrected chi connectivity index (χ1v) is 8.34. The predicted molar refractivity (Wildman–Crippen MR) is 95.2 cm³/mol. The minimum absolute atomic E-state index is 0.116. The fraction of sp³-hybridized carbons (Fsp3) is 0.632. The molecule has 4 heteroatoms. The van der Waals surface area contributed by atoms with E-state index >= 15 is 0 Å². The van der Waals surface area contributed by atoms with Crippen LogP contribution in [0.15, 0.2) is 12.1 Å². The summed E-state index contributed by atoms with van der Waals surface area (Å²) < 4.78 is 11.3. The summed E-state index contributed by atoms with van der Waals surface area (Å²) in [6.07, 6.45) is 1.64. The summed E-state index contributed by atoms with van der Waals surface area (Å²) in [5.41, 5.74) is 2.00. The molecule has 0 saturated carbocycles. The Labute approximate surface area is 140 Å².